The van der Waals surface area contributed by atoms with Crippen LogP contribution in [0.5, 0.6) is 11.6 Å². The molecule has 1 aromatic carbocycles. The van der Waals surface area contributed by atoms with Gasteiger partial charge in [-0.05, 0) is 36.1 Å². The number of amides is 1. The fourth-order valence-corrected chi connectivity index (χ4v) is 4.26. The lowest BCUT2D eigenvalue weighted by Crippen LogP contribution is -2.60. The van der Waals surface area contributed by atoms with E-state index in [-0.39, 0.29) is 31.4 Å². The van der Waals surface area contributed by atoms with Crippen molar-refractivity contribution in [3.05, 3.63) is 40.6 Å². The van der Waals surface area contributed by atoms with Crippen LogP contribution in [0.25, 0.3) is 0 Å². The van der Waals surface area contributed by atoms with Crippen molar-refractivity contribution >= 4 is 5.91 Å². The number of benzene rings is 1. The summed E-state index contributed by atoms with van der Waals surface area (Å²) in [5, 5.41) is 60.3. The number of hydrogen-bond acceptors (Lipinski definition) is 11. The third-order valence-electron chi connectivity index (χ3n) is 6.57. The highest BCUT2D eigenvalue weighted by atomic mass is 16.7. The molecule has 1 aliphatic rings. The summed E-state index contributed by atoms with van der Waals surface area (Å²) in [6, 6.07) is 5.55. The second kappa shape index (κ2) is 14.0. The summed E-state index contributed by atoms with van der Waals surface area (Å²) in [6.07, 6.45) is -7.20. The van der Waals surface area contributed by atoms with E-state index in [1.165, 1.54) is 0 Å². The number of aliphatic hydroxyl groups is 5. The van der Waals surface area contributed by atoms with Crippen LogP contribution in [0.3, 0.4) is 0 Å². The van der Waals surface area contributed by atoms with Gasteiger partial charge in [-0.3, -0.25) is 9.89 Å². The van der Waals surface area contributed by atoms with Crippen LogP contribution >= 0.6 is 0 Å². The molecule has 0 bridgehead atoms. The van der Waals surface area contributed by atoms with Gasteiger partial charge in [0.25, 0.3) is 0 Å². The molecule has 2 heterocycles. The second-order valence-electron chi connectivity index (χ2n) is 10.0. The molecule has 218 valence electrons. The maximum Gasteiger partial charge on any atom is 0.238 e. The zero-order chi connectivity index (χ0) is 28.7. The number of carbonyl (C=O) groups is 1. The van der Waals surface area contributed by atoms with Gasteiger partial charge in [0.2, 0.25) is 18.1 Å². The van der Waals surface area contributed by atoms with E-state index < -0.39 is 49.3 Å². The van der Waals surface area contributed by atoms with Crippen molar-refractivity contribution in [3.63, 3.8) is 0 Å². The number of nitrogens with two attached hydrogens (primary N) is 1. The molecule has 39 heavy (non-hydrogen) atoms. The number of aliphatic hydroxyl groups excluding tert-OH is 5. The van der Waals surface area contributed by atoms with Gasteiger partial charge in [-0.2, -0.15) is 0 Å². The number of carbonyl (C=O) groups excluding carboxylic acids is 1. The van der Waals surface area contributed by atoms with Crippen LogP contribution in [0.4, 0.5) is 0 Å². The minimum Gasteiger partial charge on any atom is -0.491 e. The van der Waals surface area contributed by atoms with E-state index in [0.29, 0.717) is 18.7 Å². The molecule has 0 aliphatic carbocycles. The second-order valence-corrected chi connectivity index (χ2v) is 10.0. The van der Waals surface area contributed by atoms with Crippen molar-refractivity contribution in [1.29, 1.82) is 0 Å². The number of H-pyrrole nitrogens is 1. The van der Waals surface area contributed by atoms with Crippen molar-refractivity contribution in [3.8, 4) is 11.6 Å². The summed E-state index contributed by atoms with van der Waals surface area (Å²) >= 11 is 0. The van der Waals surface area contributed by atoms with Gasteiger partial charge in [-0.15, -0.1) is 5.10 Å². The van der Waals surface area contributed by atoms with Crippen LogP contribution in [-0.4, -0.2) is 105 Å². The lowest BCUT2D eigenvalue weighted by molar-refractivity contribution is -0.278. The Kier molecular flexibility index (Phi) is 11.1. The van der Waals surface area contributed by atoms with Gasteiger partial charge in [0.05, 0.1) is 6.61 Å². The third-order valence-corrected chi connectivity index (χ3v) is 6.57. The maximum absolute atomic E-state index is 10.8. The predicted molar refractivity (Wildman–Crippen MR) is 139 cm³/mol. The maximum atomic E-state index is 10.8. The Morgan fingerprint density at radius 1 is 1.23 bits per heavy atom. The van der Waals surface area contributed by atoms with E-state index in [9.17, 15) is 30.3 Å². The van der Waals surface area contributed by atoms with Gasteiger partial charge >= 0.3 is 0 Å². The van der Waals surface area contributed by atoms with Gasteiger partial charge in [0.15, 0.2) is 0 Å². The highest BCUT2D eigenvalue weighted by Crippen LogP contribution is 2.32. The highest BCUT2D eigenvalue weighted by Gasteiger charge is 2.45. The van der Waals surface area contributed by atoms with Gasteiger partial charge in [0, 0.05) is 37.2 Å². The molecule has 1 fully saturated rings. The van der Waals surface area contributed by atoms with E-state index >= 15 is 0 Å². The first kappa shape index (κ1) is 30.8. The molecule has 1 amide bonds. The Hall–Kier alpha value is -2.78. The van der Waals surface area contributed by atoms with Crippen molar-refractivity contribution in [1.82, 2.24) is 15.5 Å². The van der Waals surface area contributed by atoms with E-state index in [1.54, 1.807) is 6.07 Å². The Morgan fingerprint density at radius 3 is 2.62 bits per heavy atom. The van der Waals surface area contributed by atoms with Crippen molar-refractivity contribution < 1.29 is 44.5 Å². The molecule has 1 saturated heterocycles. The predicted octanol–water partition coefficient (Wildman–Crippen LogP) is -1.18. The third kappa shape index (κ3) is 8.11. The van der Waals surface area contributed by atoms with E-state index in [0.717, 1.165) is 22.4 Å². The van der Waals surface area contributed by atoms with Crippen molar-refractivity contribution in [2.24, 2.45) is 5.73 Å². The minimum absolute atomic E-state index is 0.0681. The largest absolute Gasteiger partial charge is 0.491 e. The lowest BCUT2D eigenvalue weighted by atomic mass is 9.96. The Labute approximate surface area is 226 Å². The molecule has 3 rings (SSSR count). The molecule has 0 radical (unpaired) electrons. The fourth-order valence-electron chi connectivity index (χ4n) is 4.26. The van der Waals surface area contributed by atoms with Gasteiger partial charge in [-0.1, -0.05) is 19.9 Å². The minimum atomic E-state index is -1.56. The Balaban J connectivity index is 1.68. The molecule has 0 spiro atoms. The molecule has 2 aromatic rings. The molecule has 0 unspecified atom stereocenters. The van der Waals surface area contributed by atoms with Crippen molar-refractivity contribution in [2.45, 2.75) is 76.3 Å². The SMILES string of the molecule is Cc1cc(OC[C@@H](O)CNCCC(N)=O)ccc1Cc1c(O[C@@H]2O[C@H](CO)[C@@H](O)[C@H](O)[C@H]2O)n[nH]c1C(C)C. The number of aryl methyl sites for hydroxylation is 1. The number of aromatic nitrogens is 2. The first-order chi connectivity index (χ1) is 18.5. The van der Waals surface area contributed by atoms with Crippen LogP contribution < -0.4 is 20.5 Å². The number of primary amides is 1. The number of hydrogen-bond donors (Lipinski definition) is 8. The highest BCUT2D eigenvalue weighted by molar-refractivity contribution is 5.73. The van der Waals surface area contributed by atoms with Crippen LogP contribution in [0, 0.1) is 6.92 Å². The van der Waals surface area contributed by atoms with Crippen LogP contribution in [0.1, 0.15) is 48.6 Å². The first-order valence-corrected chi connectivity index (χ1v) is 13.0. The molecule has 1 aromatic heterocycles. The Bertz CT molecular complexity index is 1080. The summed E-state index contributed by atoms with van der Waals surface area (Å²) in [4.78, 5) is 10.8. The van der Waals surface area contributed by atoms with Gasteiger partial charge in [-0.25, -0.2) is 0 Å². The zero-order valence-electron chi connectivity index (χ0n) is 22.4. The number of nitrogens with zero attached hydrogens (tertiary/aromatic N) is 1. The number of aromatic amines is 1. The monoisotopic (exact) mass is 552 g/mol. The van der Waals surface area contributed by atoms with E-state index in [4.69, 9.17) is 19.9 Å². The quantitative estimate of drug-likeness (QED) is 0.131. The summed E-state index contributed by atoms with van der Waals surface area (Å²) in [5.74, 6) is 0.421. The Morgan fingerprint density at radius 2 is 1.97 bits per heavy atom. The molecule has 9 N–H and O–H groups in total. The molecule has 13 heteroatoms. The summed E-state index contributed by atoms with van der Waals surface area (Å²) < 4.78 is 17.1. The van der Waals surface area contributed by atoms with Gasteiger partial charge in [0.1, 0.15) is 42.9 Å². The topological polar surface area (TPSA) is 213 Å². The van der Waals surface area contributed by atoms with Crippen LogP contribution in [0.2, 0.25) is 0 Å². The molecule has 6 atom stereocenters. The number of nitrogens with one attached hydrogen (secondary N) is 2. The first-order valence-electron chi connectivity index (χ1n) is 13.0. The zero-order valence-corrected chi connectivity index (χ0v) is 22.4. The fraction of sp³-hybridized carbons (Fsp3) is 0.615. The molecular weight excluding hydrogens is 512 g/mol. The molecule has 13 nitrogen and oxygen atoms in total. The number of ether oxygens (including phenoxy) is 3. The summed E-state index contributed by atoms with van der Waals surface area (Å²) in [5.41, 5.74) is 8.53. The summed E-state index contributed by atoms with van der Waals surface area (Å²) in [6.45, 7) is 6.07. The van der Waals surface area contributed by atoms with E-state index in [1.807, 2.05) is 32.9 Å². The van der Waals surface area contributed by atoms with Gasteiger partial charge < -0.3 is 50.8 Å². The number of rotatable bonds is 14. The lowest BCUT2D eigenvalue weighted by Gasteiger charge is -2.39. The molecule has 1 aliphatic heterocycles. The smallest absolute Gasteiger partial charge is 0.238 e. The summed E-state index contributed by atoms with van der Waals surface area (Å²) in [7, 11) is 0. The average molecular weight is 553 g/mol. The average Bonchev–Trinajstić information content (AvgIpc) is 3.29. The normalized spacial score (nSPS) is 24.1. The standard InChI is InChI=1S/C26H40N4O9/c1-13(2)21-18(25(30-29-21)39-26-24(36)23(35)22(34)19(11-31)38-26)9-15-4-5-17(8-14(15)3)37-12-16(32)10-28-7-6-20(27)33/h4-5,8,13,16,19,22-24,26,28,31-32,34-36H,6-7,9-12H2,1-3H3,(H2,27,33)(H,29,30)/t16-,19+,22+,23-,24+,26-/m0/s1. The van der Waals surface area contributed by atoms with Crippen LogP contribution in [0.15, 0.2) is 18.2 Å². The molecule has 0 saturated carbocycles. The van der Waals surface area contributed by atoms with E-state index in [2.05, 4.69) is 15.5 Å². The molecular formula is C26H40N4O9. The van der Waals surface area contributed by atoms with Crippen molar-refractivity contribution in [2.75, 3.05) is 26.3 Å². The van der Waals surface area contributed by atoms with Crippen LogP contribution in [-0.2, 0) is 16.0 Å².